The van der Waals surface area contributed by atoms with Crippen LogP contribution in [0.3, 0.4) is 0 Å². The molecule has 0 radical (unpaired) electrons. The van der Waals surface area contributed by atoms with Gasteiger partial charge in [0.25, 0.3) is 0 Å². The van der Waals surface area contributed by atoms with Gasteiger partial charge in [-0.15, -0.1) is 0 Å². The predicted molar refractivity (Wildman–Crippen MR) is 77.9 cm³/mol. The fourth-order valence-electron chi connectivity index (χ4n) is 1.78. The van der Waals surface area contributed by atoms with Crippen LogP contribution in [0.2, 0.25) is 0 Å². The molecule has 0 aliphatic carbocycles. The van der Waals surface area contributed by atoms with Crippen LogP contribution in [0.4, 0.5) is 18.9 Å². The van der Waals surface area contributed by atoms with Gasteiger partial charge >= 0.3 is 0 Å². The van der Waals surface area contributed by atoms with Gasteiger partial charge in [-0.2, -0.15) is 12.6 Å². The monoisotopic (exact) mass is 311 g/mol. The lowest BCUT2D eigenvalue weighted by atomic mass is 10.1. The van der Waals surface area contributed by atoms with E-state index < -0.39 is 28.6 Å². The maximum absolute atomic E-state index is 13.1. The molecular weight excluding hydrogens is 299 g/mol. The summed E-state index contributed by atoms with van der Waals surface area (Å²) >= 11 is 4.17. The molecule has 0 aliphatic rings. The van der Waals surface area contributed by atoms with Gasteiger partial charge in [0.05, 0.1) is 5.25 Å². The second-order valence-corrected chi connectivity index (χ2v) is 5.07. The molecule has 0 fully saturated rings. The van der Waals surface area contributed by atoms with E-state index in [4.69, 9.17) is 0 Å². The maximum Gasteiger partial charge on any atom is 0.237 e. The summed E-state index contributed by atoms with van der Waals surface area (Å²) in [6.07, 6.45) is 0.363. The number of thiol groups is 1. The van der Waals surface area contributed by atoms with Crippen molar-refractivity contribution in [1.82, 2.24) is 0 Å². The van der Waals surface area contributed by atoms with Crippen molar-refractivity contribution in [3.05, 3.63) is 65.5 Å². The molecule has 1 atom stereocenters. The Morgan fingerprint density at radius 2 is 1.67 bits per heavy atom. The van der Waals surface area contributed by atoms with Gasteiger partial charge in [0.15, 0.2) is 17.5 Å². The number of hydrogen-bond acceptors (Lipinski definition) is 2. The topological polar surface area (TPSA) is 29.1 Å². The molecule has 0 bridgehead atoms. The summed E-state index contributed by atoms with van der Waals surface area (Å²) in [5.41, 5.74) is 0.757. The average molecular weight is 311 g/mol. The van der Waals surface area contributed by atoms with Crippen molar-refractivity contribution in [2.75, 3.05) is 5.32 Å². The normalized spacial score (nSPS) is 12.0. The van der Waals surface area contributed by atoms with Gasteiger partial charge in [0.2, 0.25) is 5.91 Å². The van der Waals surface area contributed by atoms with Gasteiger partial charge in [-0.1, -0.05) is 30.3 Å². The quantitative estimate of drug-likeness (QED) is 0.656. The predicted octanol–water partition coefficient (Wildman–Crippen LogP) is 3.58. The minimum Gasteiger partial charge on any atom is -0.325 e. The molecule has 21 heavy (non-hydrogen) atoms. The molecule has 1 unspecified atom stereocenters. The van der Waals surface area contributed by atoms with E-state index in [9.17, 15) is 18.0 Å². The summed E-state index contributed by atoms with van der Waals surface area (Å²) in [4.78, 5) is 11.9. The smallest absolute Gasteiger partial charge is 0.237 e. The van der Waals surface area contributed by atoms with Gasteiger partial charge in [-0.05, 0) is 12.0 Å². The molecule has 2 aromatic rings. The molecule has 0 aromatic heterocycles. The van der Waals surface area contributed by atoms with Crippen LogP contribution in [-0.2, 0) is 11.2 Å². The van der Waals surface area contributed by atoms with Crippen molar-refractivity contribution in [2.45, 2.75) is 11.7 Å². The second-order valence-electron chi connectivity index (χ2n) is 4.45. The lowest BCUT2D eigenvalue weighted by Gasteiger charge is -2.12. The number of anilines is 1. The zero-order valence-corrected chi connectivity index (χ0v) is 11.7. The number of nitrogens with one attached hydrogen (secondary N) is 1. The summed E-state index contributed by atoms with van der Waals surface area (Å²) in [6, 6.07) is 10.6. The Balaban J connectivity index is 2.04. The van der Waals surface area contributed by atoms with Gasteiger partial charge in [0, 0.05) is 17.8 Å². The number of benzene rings is 2. The lowest BCUT2D eigenvalue weighted by Crippen LogP contribution is -2.25. The van der Waals surface area contributed by atoms with Crippen LogP contribution in [0, 0.1) is 17.5 Å². The molecule has 0 saturated heterocycles. The van der Waals surface area contributed by atoms with Gasteiger partial charge in [0.1, 0.15) is 0 Å². The maximum atomic E-state index is 13.1. The Morgan fingerprint density at radius 3 is 2.24 bits per heavy atom. The van der Waals surface area contributed by atoms with Crippen molar-refractivity contribution in [2.24, 2.45) is 0 Å². The zero-order valence-electron chi connectivity index (χ0n) is 10.8. The molecule has 0 spiro atoms. The van der Waals surface area contributed by atoms with E-state index in [0.29, 0.717) is 6.42 Å². The highest BCUT2D eigenvalue weighted by atomic mass is 32.1. The number of rotatable bonds is 4. The molecule has 2 rings (SSSR count). The van der Waals surface area contributed by atoms with Crippen molar-refractivity contribution < 1.29 is 18.0 Å². The van der Waals surface area contributed by atoms with Crippen molar-refractivity contribution in [3.63, 3.8) is 0 Å². The summed E-state index contributed by atoms with van der Waals surface area (Å²) in [6.45, 7) is 0. The molecule has 0 heterocycles. The van der Waals surface area contributed by atoms with E-state index in [-0.39, 0.29) is 5.69 Å². The fraction of sp³-hybridized carbons (Fsp3) is 0.133. The standard InChI is InChI=1S/C15H12F3NOS/c16-11-7-10(8-12(17)14(11)18)19-15(20)13(21)6-9-4-2-1-3-5-9/h1-5,7-8,13,21H,6H2,(H,19,20). The SMILES string of the molecule is O=C(Nc1cc(F)c(F)c(F)c1)C(S)Cc1ccccc1. The second kappa shape index (κ2) is 6.67. The Bertz CT molecular complexity index is 626. The van der Waals surface area contributed by atoms with E-state index in [0.717, 1.165) is 17.7 Å². The molecular formula is C15H12F3NOS. The van der Waals surface area contributed by atoms with Crippen molar-refractivity contribution in [3.8, 4) is 0 Å². The molecule has 6 heteroatoms. The molecule has 110 valence electrons. The summed E-state index contributed by atoms with van der Waals surface area (Å²) in [5.74, 6) is -4.81. The minimum absolute atomic E-state index is 0.150. The average Bonchev–Trinajstić information content (AvgIpc) is 2.45. The Morgan fingerprint density at radius 1 is 1.10 bits per heavy atom. The molecule has 0 saturated carbocycles. The highest BCUT2D eigenvalue weighted by Crippen LogP contribution is 2.18. The minimum atomic E-state index is -1.57. The Hall–Kier alpha value is -1.95. The first-order valence-electron chi connectivity index (χ1n) is 6.15. The third-order valence-electron chi connectivity index (χ3n) is 2.83. The van der Waals surface area contributed by atoms with Crippen LogP contribution in [0.5, 0.6) is 0 Å². The van der Waals surface area contributed by atoms with Gasteiger partial charge < -0.3 is 5.32 Å². The third kappa shape index (κ3) is 4.01. The molecule has 2 aromatic carbocycles. The first-order valence-corrected chi connectivity index (χ1v) is 6.66. The Kier molecular flexibility index (Phi) is 4.90. The van der Waals surface area contributed by atoms with E-state index in [2.05, 4.69) is 17.9 Å². The highest BCUT2D eigenvalue weighted by Gasteiger charge is 2.17. The number of halogens is 3. The van der Waals surface area contributed by atoms with Gasteiger partial charge in [-0.3, -0.25) is 4.79 Å². The summed E-state index contributed by atoms with van der Waals surface area (Å²) in [5, 5.41) is 1.62. The number of carbonyl (C=O) groups excluding carboxylic acids is 1. The van der Waals surface area contributed by atoms with Crippen LogP contribution >= 0.6 is 12.6 Å². The largest absolute Gasteiger partial charge is 0.325 e. The molecule has 0 aliphatic heterocycles. The van der Waals surface area contributed by atoms with Crippen LogP contribution in [0.25, 0.3) is 0 Å². The van der Waals surface area contributed by atoms with Crippen molar-refractivity contribution >= 4 is 24.2 Å². The van der Waals surface area contributed by atoms with E-state index in [1.165, 1.54) is 0 Å². The zero-order chi connectivity index (χ0) is 15.4. The van der Waals surface area contributed by atoms with Gasteiger partial charge in [-0.25, -0.2) is 13.2 Å². The molecule has 2 nitrogen and oxygen atoms in total. The lowest BCUT2D eigenvalue weighted by molar-refractivity contribution is -0.115. The number of hydrogen-bond donors (Lipinski definition) is 2. The third-order valence-corrected chi connectivity index (χ3v) is 3.24. The van der Waals surface area contributed by atoms with Crippen molar-refractivity contribution in [1.29, 1.82) is 0 Å². The molecule has 1 amide bonds. The highest BCUT2D eigenvalue weighted by molar-refractivity contribution is 7.81. The first-order chi connectivity index (χ1) is 9.97. The number of carbonyl (C=O) groups is 1. The van der Waals surface area contributed by atoms with E-state index in [1.54, 1.807) is 0 Å². The summed E-state index contributed by atoms with van der Waals surface area (Å²) in [7, 11) is 0. The first kappa shape index (κ1) is 15.4. The van der Waals surface area contributed by atoms with Crippen LogP contribution in [0.1, 0.15) is 5.56 Å². The Labute approximate surface area is 125 Å². The summed E-state index contributed by atoms with van der Waals surface area (Å²) < 4.78 is 38.9. The van der Waals surface area contributed by atoms with Crippen LogP contribution in [0.15, 0.2) is 42.5 Å². The van der Waals surface area contributed by atoms with E-state index >= 15 is 0 Å². The van der Waals surface area contributed by atoms with Crippen LogP contribution < -0.4 is 5.32 Å². The molecule has 1 N–H and O–H groups in total. The van der Waals surface area contributed by atoms with Crippen LogP contribution in [-0.4, -0.2) is 11.2 Å². The number of amides is 1. The fourth-order valence-corrected chi connectivity index (χ4v) is 2.06. The van der Waals surface area contributed by atoms with E-state index in [1.807, 2.05) is 30.3 Å².